The second kappa shape index (κ2) is 8.21. The number of benzene rings is 2. The molecule has 0 spiro atoms. The van der Waals surface area contributed by atoms with E-state index in [0.29, 0.717) is 11.3 Å². The van der Waals surface area contributed by atoms with Gasteiger partial charge in [0.1, 0.15) is 0 Å². The molecule has 0 unspecified atom stereocenters. The molecule has 0 saturated heterocycles. The fourth-order valence-corrected chi connectivity index (χ4v) is 2.33. The fourth-order valence-electron chi connectivity index (χ4n) is 2.10. The molecule has 0 aliphatic carbocycles. The van der Waals surface area contributed by atoms with Crippen molar-refractivity contribution in [3.05, 3.63) is 65.7 Å². The van der Waals surface area contributed by atoms with Gasteiger partial charge in [0.15, 0.2) is 5.11 Å². The number of amides is 2. The molecular weight excluding hydrogens is 322 g/mol. The Kier molecular flexibility index (Phi) is 6.03. The van der Waals surface area contributed by atoms with Gasteiger partial charge < -0.3 is 15.5 Å². The third kappa shape index (κ3) is 5.17. The summed E-state index contributed by atoms with van der Waals surface area (Å²) in [4.78, 5) is 25.4. The monoisotopic (exact) mass is 341 g/mol. The van der Waals surface area contributed by atoms with Gasteiger partial charge in [0.05, 0.1) is 6.42 Å². The molecule has 124 valence electrons. The molecule has 2 rings (SSSR count). The quantitative estimate of drug-likeness (QED) is 0.839. The lowest BCUT2D eigenvalue weighted by atomic mass is 10.1. The van der Waals surface area contributed by atoms with Crippen molar-refractivity contribution in [2.75, 3.05) is 19.4 Å². The van der Waals surface area contributed by atoms with E-state index < -0.39 is 0 Å². The number of nitrogens with one attached hydrogen (secondary N) is 2. The molecule has 0 bridgehead atoms. The molecule has 0 heterocycles. The minimum absolute atomic E-state index is 0.0994. The second-order valence-corrected chi connectivity index (χ2v) is 5.85. The van der Waals surface area contributed by atoms with Gasteiger partial charge in [-0.15, -0.1) is 0 Å². The molecule has 0 aliphatic rings. The van der Waals surface area contributed by atoms with Crippen molar-refractivity contribution in [2.24, 2.45) is 0 Å². The lowest BCUT2D eigenvalue weighted by Crippen LogP contribution is -2.35. The van der Waals surface area contributed by atoms with Gasteiger partial charge in [0.25, 0.3) is 5.91 Å². The van der Waals surface area contributed by atoms with Crippen LogP contribution in [0.3, 0.4) is 0 Å². The van der Waals surface area contributed by atoms with Crippen LogP contribution < -0.4 is 10.6 Å². The maximum Gasteiger partial charge on any atom is 0.253 e. The zero-order valence-electron chi connectivity index (χ0n) is 13.6. The topological polar surface area (TPSA) is 61.4 Å². The van der Waals surface area contributed by atoms with Crippen LogP contribution in [-0.4, -0.2) is 35.9 Å². The largest absolute Gasteiger partial charge is 0.345 e. The number of carbonyl (C=O) groups is 2. The highest BCUT2D eigenvalue weighted by molar-refractivity contribution is 7.80. The molecular formula is C18H19N3O2S. The van der Waals surface area contributed by atoms with Crippen molar-refractivity contribution in [1.82, 2.24) is 10.2 Å². The summed E-state index contributed by atoms with van der Waals surface area (Å²) in [5.74, 6) is -0.295. The average Bonchev–Trinajstić information content (AvgIpc) is 2.54. The second-order valence-electron chi connectivity index (χ2n) is 5.45. The zero-order chi connectivity index (χ0) is 17.5. The number of hydrogen-bond donors (Lipinski definition) is 2. The number of thiocarbonyl (C=S) groups is 1. The summed E-state index contributed by atoms with van der Waals surface area (Å²) in [5, 5.41) is 5.76. The lowest BCUT2D eigenvalue weighted by molar-refractivity contribution is -0.119. The van der Waals surface area contributed by atoms with Gasteiger partial charge in [-0.2, -0.15) is 0 Å². The Balaban J connectivity index is 1.93. The Labute approximate surface area is 146 Å². The highest BCUT2D eigenvalue weighted by Gasteiger charge is 2.10. The molecule has 2 aromatic rings. The Morgan fingerprint density at radius 1 is 1.04 bits per heavy atom. The predicted molar refractivity (Wildman–Crippen MR) is 99.0 cm³/mol. The Bertz CT molecular complexity index is 745. The SMILES string of the molecule is CN(C)C(=O)c1cccc(NC(=S)NC(=O)Cc2ccccc2)c1. The van der Waals surface area contributed by atoms with Crippen LogP contribution in [0.1, 0.15) is 15.9 Å². The third-order valence-electron chi connectivity index (χ3n) is 3.23. The molecule has 6 heteroatoms. The summed E-state index contributed by atoms with van der Waals surface area (Å²) in [6, 6.07) is 16.4. The lowest BCUT2D eigenvalue weighted by Gasteiger charge is -2.13. The van der Waals surface area contributed by atoms with Crippen LogP contribution >= 0.6 is 12.2 Å². The van der Waals surface area contributed by atoms with E-state index in [1.54, 1.807) is 38.4 Å². The molecule has 2 aromatic carbocycles. The number of hydrogen-bond acceptors (Lipinski definition) is 3. The smallest absolute Gasteiger partial charge is 0.253 e. The van der Waals surface area contributed by atoms with Gasteiger partial charge in [-0.1, -0.05) is 36.4 Å². The highest BCUT2D eigenvalue weighted by atomic mass is 32.1. The molecule has 0 aliphatic heterocycles. The summed E-state index contributed by atoms with van der Waals surface area (Å²) < 4.78 is 0. The summed E-state index contributed by atoms with van der Waals surface area (Å²) in [7, 11) is 3.38. The Morgan fingerprint density at radius 2 is 1.75 bits per heavy atom. The predicted octanol–water partition coefficient (Wildman–Crippen LogP) is 2.44. The van der Waals surface area contributed by atoms with Crippen LogP contribution in [0, 0.1) is 0 Å². The van der Waals surface area contributed by atoms with Gasteiger partial charge in [-0.25, -0.2) is 0 Å². The number of anilines is 1. The maximum atomic E-state index is 12.0. The molecule has 0 atom stereocenters. The van der Waals surface area contributed by atoms with Crippen molar-refractivity contribution >= 4 is 34.8 Å². The minimum atomic E-state index is -0.195. The molecule has 2 N–H and O–H groups in total. The van der Waals surface area contributed by atoms with Crippen LogP contribution in [0.25, 0.3) is 0 Å². The molecule has 0 radical (unpaired) electrons. The average molecular weight is 341 g/mol. The minimum Gasteiger partial charge on any atom is -0.345 e. The van der Waals surface area contributed by atoms with E-state index in [-0.39, 0.29) is 23.3 Å². The van der Waals surface area contributed by atoms with Gasteiger partial charge in [0, 0.05) is 25.3 Å². The Hall–Kier alpha value is -2.73. The molecule has 24 heavy (non-hydrogen) atoms. The standard InChI is InChI=1S/C18H19N3O2S/c1-21(2)17(23)14-9-6-10-15(12-14)19-18(24)20-16(22)11-13-7-4-3-5-8-13/h3-10,12H,11H2,1-2H3,(H2,19,20,22,24). The number of carbonyl (C=O) groups excluding carboxylic acids is 2. The van der Waals surface area contributed by atoms with E-state index >= 15 is 0 Å². The van der Waals surface area contributed by atoms with Gasteiger partial charge in [-0.05, 0) is 36.0 Å². The van der Waals surface area contributed by atoms with E-state index in [4.69, 9.17) is 12.2 Å². The zero-order valence-corrected chi connectivity index (χ0v) is 14.4. The van der Waals surface area contributed by atoms with Gasteiger partial charge in [-0.3, -0.25) is 9.59 Å². The van der Waals surface area contributed by atoms with Crippen molar-refractivity contribution in [3.63, 3.8) is 0 Å². The van der Waals surface area contributed by atoms with Crippen LogP contribution in [0.5, 0.6) is 0 Å². The first kappa shape index (κ1) is 17.6. The highest BCUT2D eigenvalue weighted by Crippen LogP contribution is 2.12. The third-order valence-corrected chi connectivity index (χ3v) is 3.44. The fraction of sp³-hybridized carbons (Fsp3) is 0.167. The summed E-state index contributed by atoms with van der Waals surface area (Å²) >= 11 is 5.15. The van der Waals surface area contributed by atoms with E-state index in [1.165, 1.54) is 4.90 Å². The number of rotatable bonds is 4. The van der Waals surface area contributed by atoms with Crippen molar-refractivity contribution in [1.29, 1.82) is 0 Å². The van der Waals surface area contributed by atoms with Crippen LogP contribution in [-0.2, 0) is 11.2 Å². The normalized spacial score (nSPS) is 9.92. The van der Waals surface area contributed by atoms with E-state index in [0.717, 1.165) is 5.56 Å². The van der Waals surface area contributed by atoms with Gasteiger partial charge >= 0.3 is 0 Å². The number of nitrogens with zero attached hydrogens (tertiary/aromatic N) is 1. The van der Waals surface area contributed by atoms with Crippen molar-refractivity contribution in [3.8, 4) is 0 Å². The van der Waals surface area contributed by atoms with Crippen molar-refractivity contribution in [2.45, 2.75) is 6.42 Å². The Morgan fingerprint density at radius 3 is 2.42 bits per heavy atom. The van der Waals surface area contributed by atoms with Crippen LogP contribution in [0.15, 0.2) is 54.6 Å². The van der Waals surface area contributed by atoms with E-state index in [1.807, 2.05) is 30.3 Å². The van der Waals surface area contributed by atoms with E-state index in [2.05, 4.69) is 10.6 Å². The molecule has 5 nitrogen and oxygen atoms in total. The summed E-state index contributed by atoms with van der Waals surface area (Å²) in [6.07, 6.45) is 0.252. The van der Waals surface area contributed by atoms with Gasteiger partial charge in [0.2, 0.25) is 5.91 Å². The van der Waals surface area contributed by atoms with Crippen molar-refractivity contribution < 1.29 is 9.59 Å². The molecule has 0 saturated carbocycles. The summed E-state index contributed by atoms with van der Waals surface area (Å²) in [5.41, 5.74) is 2.10. The molecule has 0 aromatic heterocycles. The summed E-state index contributed by atoms with van der Waals surface area (Å²) in [6.45, 7) is 0. The molecule has 2 amide bonds. The first-order valence-corrected chi connectivity index (χ1v) is 7.83. The first-order valence-electron chi connectivity index (χ1n) is 7.42. The van der Waals surface area contributed by atoms with E-state index in [9.17, 15) is 9.59 Å². The van der Waals surface area contributed by atoms with Crippen LogP contribution in [0.4, 0.5) is 5.69 Å². The maximum absolute atomic E-state index is 12.0. The molecule has 0 fully saturated rings. The van der Waals surface area contributed by atoms with Crippen LogP contribution in [0.2, 0.25) is 0 Å². The first-order chi connectivity index (χ1) is 11.5.